The number of hydrogen-bond acceptors (Lipinski definition) is 5. The summed E-state index contributed by atoms with van der Waals surface area (Å²) in [5.41, 5.74) is 0. The highest BCUT2D eigenvalue weighted by atomic mass is 16.6. The summed E-state index contributed by atoms with van der Waals surface area (Å²) in [6.45, 7) is 14.0. The van der Waals surface area contributed by atoms with Crippen LogP contribution in [0, 0.1) is 11.8 Å². The van der Waals surface area contributed by atoms with Gasteiger partial charge in [0.05, 0.1) is 46.2 Å². The Morgan fingerprint density at radius 3 is 1.60 bits per heavy atom. The minimum atomic E-state index is 0.0468. The molecule has 6 heteroatoms. The molecule has 6 nitrogen and oxygen atoms in total. The van der Waals surface area contributed by atoms with E-state index in [4.69, 9.17) is 18.9 Å². The Morgan fingerprint density at radius 2 is 1.12 bits per heavy atom. The number of ether oxygens (including phenoxy) is 4. The minimum absolute atomic E-state index is 0.0468. The molecule has 150 valence electrons. The maximum absolute atomic E-state index is 11.5. The van der Waals surface area contributed by atoms with E-state index < -0.39 is 0 Å². The van der Waals surface area contributed by atoms with Gasteiger partial charge in [0.15, 0.2) is 0 Å². The van der Waals surface area contributed by atoms with Gasteiger partial charge in [0.1, 0.15) is 0 Å². The van der Waals surface area contributed by atoms with Gasteiger partial charge in [-0.05, 0) is 24.7 Å². The van der Waals surface area contributed by atoms with E-state index in [1.165, 1.54) is 0 Å². The second kappa shape index (κ2) is 18.1. The molecule has 0 heterocycles. The number of carbonyl (C=O) groups is 1. The molecular formula is C19H39NO5. The van der Waals surface area contributed by atoms with Crippen molar-refractivity contribution in [3.05, 3.63) is 0 Å². The molecule has 0 aliphatic rings. The van der Waals surface area contributed by atoms with Gasteiger partial charge < -0.3 is 24.3 Å². The molecule has 0 fully saturated rings. The second-order valence-electron chi connectivity index (χ2n) is 6.91. The Bertz CT molecular complexity index is 298. The van der Waals surface area contributed by atoms with Crippen LogP contribution in [0.15, 0.2) is 0 Å². The molecular weight excluding hydrogens is 322 g/mol. The molecule has 1 amide bonds. The van der Waals surface area contributed by atoms with Crippen molar-refractivity contribution < 1.29 is 23.7 Å². The Balaban J connectivity index is 3.12. The van der Waals surface area contributed by atoms with Crippen LogP contribution in [0.3, 0.4) is 0 Å². The average Bonchev–Trinajstić information content (AvgIpc) is 2.54. The van der Waals surface area contributed by atoms with Crippen LogP contribution in [0.4, 0.5) is 0 Å². The van der Waals surface area contributed by atoms with Crippen molar-refractivity contribution in [2.45, 2.75) is 47.0 Å². The first-order chi connectivity index (χ1) is 12.0. The molecule has 1 N–H and O–H groups in total. The summed E-state index contributed by atoms with van der Waals surface area (Å²) in [5, 5.41) is 2.89. The highest BCUT2D eigenvalue weighted by Gasteiger charge is 2.01. The molecule has 0 aromatic heterocycles. The van der Waals surface area contributed by atoms with Crippen LogP contribution >= 0.6 is 0 Å². The molecule has 0 aromatic rings. The summed E-state index contributed by atoms with van der Waals surface area (Å²) in [6.07, 6.45) is 2.49. The molecule has 0 spiro atoms. The van der Waals surface area contributed by atoms with E-state index in [-0.39, 0.29) is 5.91 Å². The zero-order valence-electron chi connectivity index (χ0n) is 16.7. The summed E-state index contributed by atoms with van der Waals surface area (Å²) < 4.78 is 21.6. The van der Waals surface area contributed by atoms with Gasteiger partial charge in [-0.2, -0.15) is 0 Å². The molecule has 0 unspecified atom stereocenters. The van der Waals surface area contributed by atoms with E-state index in [0.717, 1.165) is 26.0 Å². The van der Waals surface area contributed by atoms with Crippen LogP contribution in [0.5, 0.6) is 0 Å². The van der Waals surface area contributed by atoms with Crippen LogP contribution in [-0.2, 0) is 23.7 Å². The Hall–Kier alpha value is -0.690. The smallest absolute Gasteiger partial charge is 0.222 e. The fraction of sp³-hybridized carbons (Fsp3) is 0.947. The first kappa shape index (κ1) is 24.3. The van der Waals surface area contributed by atoms with Crippen LogP contribution < -0.4 is 5.32 Å². The maximum atomic E-state index is 11.5. The maximum Gasteiger partial charge on any atom is 0.222 e. The van der Waals surface area contributed by atoms with Crippen molar-refractivity contribution in [3.8, 4) is 0 Å². The lowest BCUT2D eigenvalue weighted by Gasteiger charge is -2.09. The van der Waals surface area contributed by atoms with Crippen molar-refractivity contribution in [2.75, 3.05) is 59.4 Å². The van der Waals surface area contributed by atoms with Gasteiger partial charge >= 0.3 is 0 Å². The van der Waals surface area contributed by atoms with Crippen LogP contribution in [0.25, 0.3) is 0 Å². The zero-order chi connectivity index (χ0) is 18.8. The van der Waals surface area contributed by atoms with Crippen molar-refractivity contribution in [1.82, 2.24) is 5.32 Å². The summed E-state index contributed by atoms with van der Waals surface area (Å²) >= 11 is 0. The quantitative estimate of drug-likeness (QED) is 0.380. The molecule has 0 aromatic carbocycles. The molecule has 0 aliphatic carbocycles. The van der Waals surface area contributed by atoms with E-state index in [2.05, 4.69) is 33.0 Å². The molecule has 0 saturated carbocycles. The lowest BCUT2D eigenvalue weighted by molar-refractivity contribution is -0.122. The largest absolute Gasteiger partial charge is 0.379 e. The second-order valence-corrected chi connectivity index (χ2v) is 6.91. The first-order valence-corrected chi connectivity index (χ1v) is 9.60. The van der Waals surface area contributed by atoms with Gasteiger partial charge in [0.2, 0.25) is 5.91 Å². The number of rotatable bonds is 18. The Labute approximate surface area is 153 Å². The Kier molecular flexibility index (Phi) is 17.6. The van der Waals surface area contributed by atoms with Crippen LogP contribution in [-0.4, -0.2) is 65.3 Å². The molecule has 0 saturated heterocycles. The van der Waals surface area contributed by atoms with Gasteiger partial charge in [-0.25, -0.2) is 0 Å². The van der Waals surface area contributed by atoms with Crippen molar-refractivity contribution >= 4 is 5.91 Å². The van der Waals surface area contributed by atoms with Crippen molar-refractivity contribution in [1.29, 1.82) is 0 Å². The third-order valence-corrected chi connectivity index (χ3v) is 3.47. The number of carbonyl (C=O) groups excluding carboxylic acids is 1. The molecule has 0 atom stereocenters. The van der Waals surface area contributed by atoms with Gasteiger partial charge in [-0.3, -0.25) is 4.79 Å². The fourth-order valence-corrected chi connectivity index (χ4v) is 1.83. The Morgan fingerprint density at radius 1 is 0.680 bits per heavy atom. The summed E-state index contributed by atoms with van der Waals surface area (Å²) in [4.78, 5) is 11.5. The number of hydrogen-bond donors (Lipinski definition) is 1. The third-order valence-electron chi connectivity index (χ3n) is 3.47. The van der Waals surface area contributed by atoms with Crippen molar-refractivity contribution in [2.24, 2.45) is 11.8 Å². The third kappa shape index (κ3) is 21.3. The SMILES string of the molecule is CC(C)CCNC(=O)CCOCCOCCOCCOCCC(C)C. The summed E-state index contributed by atoms with van der Waals surface area (Å²) in [7, 11) is 0. The van der Waals surface area contributed by atoms with E-state index >= 15 is 0 Å². The average molecular weight is 362 g/mol. The topological polar surface area (TPSA) is 66.0 Å². The van der Waals surface area contributed by atoms with Crippen molar-refractivity contribution in [3.63, 3.8) is 0 Å². The summed E-state index contributed by atoms with van der Waals surface area (Å²) in [6, 6.07) is 0. The predicted molar refractivity (Wildman–Crippen MR) is 99.8 cm³/mol. The molecule has 0 rings (SSSR count). The number of amides is 1. The highest BCUT2D eigenvalue weighted by Crippen LogP contribution is 1.98. The highest BCUT2D eigenvalue weighted by molar-refractivity contribution is 5.75. The van der Waals surface area contributed by atoms with E-state index in [1.807, 2.05) is 0 Å². The van der Waals surface area contributed by atoms with E-state index in [0.29, 0.717) is 64.5 Å². The molecule has 0 aliphatic heterocycles. The number of nitrogens with one attached hydrogen (secondary N) is 1. The minimum Gasteiger partial charge on any atom is -0.379 e. The lowest BCUT2D eigenvalue weighted by Crippen LogP contribution is -2.26. The monoisotopic (exact) mass is 361 g/mol. The van der Waals surface area contributed by atoms with Gasteiger partial charge in [-0.15, -0.1) is 0 Å². The molecule has 0 radical (unpaired) electrons. The molecule has 0 bridgehead atoms. The molecule has 25 heavy (non-hydrogen) atoms. The predicted octanol–water partition coefficient (Wildman–Crippen LogP) is 2.65. The normalized spacial score (nSPS) is 11.4. The fourth-order valence-electron chi connectivity index (χ4n) is 1.83. The van der Waals surface area contributed by atoms with Gasteiger partial charge in [0, 0.05) is 19.6 Å². The van der Waals surface area contributed by atoms with Crippen LogP contribution in [0.2, 0.25) is 0 Å². The lowest BCUT2D eigenvalue weighted by atomic mass is 10.1. The summed E-state index contributed by atoms with van der Waals surface area (Å²) in [5.74, 6) is 1.33. The van der Waals surface area contributed by atoms with E-state index in [1.54, 1.807) is 0 Å². The standard InChI is InChI=1S/C19H39NO5/c1-17(2)5-8-20-19(21)7-10-23-12-14-25-16-15-24-13-11-22-9-6-18(3)4/h17-18H,5-16H2,1-4H3,(H,20,21). The van der Waals surface area contributed by atoms with Gasteiger partial charge in [-0.1, -0.05) is 27.7 Å². The van der Waals surface area contributed by atoms with Crippen LogP contribution in [0.1, 0.15) is 47.0 Å². The van der Waals surface area contributed by atoms with E-state index in [9.17, 15) is 4.79 Å². The zero-order valence-corrected chi connectivity index (χ0v) is 16.7. The van der Waals surface area contributed by atoms with Gasteiger partial charge in [0.25, 0.3) is 0 Å². The first-order valence-electron chi connectivity index (χ1n) is 9.60.